The summed E-state index contributed by atoms with van der Waals surface area (Å²) >= 11 is 0. The first-order valence-corrected chi connectivity index (χ1v) is 9.91. The molecule has 3 aromatic rings. The van der Waals surface area contributed by atoms with Crippen molar-refractivity contribution < 1.29 is 9.53 Å². The third kappa shape index (κ3) is 5.82. The van der Waals surface area contributed by atoms with Crippen molar-refractivity contribution in [3.63, 3.8) is 0 Å². The van der Waals surface area contributed by atoms with Crippen molar-refractivity contribution in [2.75, 3.05) is 6.61 Å². The Hall–Kier alpha value is -2.35. The second-order valence-electron chi connectivity index (χ2n) is 7.10. The maximum atomic E-state index is 11.3. The van der Waals surface area contributed by atoms with Gasteiger partial charge in [-0.25, -0.2) is 0 Å². The van der Waals surface area contributed by atoms with E-state index >= 15 is 0 Å². The van der Waals surface area contributed by atoms with Crippen LogP contribution in [0.5, 0.6) is 0 Å². The van der Waals surface area contributed by atoms with Crippen molar-refractivity contribution in [1.82, 2.24) is 0 Å². The molecule has 146 valence electrons. The predicted octanol–water partition coefficient (Wildman–Crippen LogP) is 7.25. The van der Waals surface area contributed by atoms with Crippen LogP contribution in [0, 0.1) is 11.3 Å². The summed E-state index contributed by atoms with van der Waals surface area (Å²) in [5.74, 6) is 0.219. The van der Waals surface area contributed by atoms with Gasteiger partial charge in [-0.15, -0.1) is 0 Å². The number of hydrogen-bond acceptors (Lipinski definition) is 2. The van der Waals surface area contributed by atoms with E-state index in [0.717, 1.165) is 0 Å². The van der Waals surface area contributed by atoms with Crippen LogP contribution in [-0.2, 0) is 9.53 Å². The van der Waals surface area contributed by atoms with Gasteiger partial charge < -0.3 is 4.74 Å². The van der Waals surface area contributed by atoms with E-state index in [0.29, 0.717) is 12.5 Å². The zero-order valence-electron chi connectivity index (χ0n) is 17.9. The molecule has 0 radical (unpaired) electrons. The first-order valence-electron chi connectivity index (χ1n) is 9.91. The van der Waals surface area contributed by atoms with Crippen LogP contribution < -0.4 is 0 Å². The Balaban J connectivity index is 0.000000256. The van der Waals surface area contributed by atoms with Gasteiger partial charge in [0.2, 0.25) is 0 Å². The minimum atomic E-state index is -0.351. The number of carbonyl (C=O) groups excluding carboxylic acids is 1. The zero-order chi connectivity index (χ0) is 20.4. The van der Waals surface area contributed by atoms with E-state index in [-0.39, 0.29) is 11.4 Å². The first kappa shape index (κ1) is 22.7. The minimum absolute atomic E-state index is 0.102. The Morgan fingerprint density at radius 1 is 0.852 bits per heavy atom. The number of fused-ring (bicyclic) bond motifs is 3. The lowest BCUT2D eigenvalue weighted by Gasteiger charge is -2.26. The number of benzene rings is 3. The number of carbonyl (C=O) groups is 1. The molecule has 0 saturated heterocycles. The van der Waals surface area contributed by atoms with E-state index in [9.17, 15) is 4.79 Å². The van der Waals surface area contributed by atoms with Gasteiger partial charge in [0.15, 0.2) is 0 Å². The predicted molar refractivity (Wildman–Crippen MR) is 118 cm³/mol. The second kappa shape index (κ2) is 10.7. The fourth-order valence-corrected chi connectivity index (χ4v) is 2.51. The van der Waals surface area contributed by atoms with E-state index in [2.05, 4.69) is 60.7 Å². The molecule has 3 aromatic carbocycles. The number of ether oxygens (including phenoxy) is 1. The Labute approximate surface area is 164 Å². The van der Waals surface area contributed by atoms with Gasteiger partial charge in [0.1, 0.15) is 0 Å². The van der Waals surface area contributed by atoms with E-state index in [1.165, 1.54) is 21.5 Å². The molecule has 0 amide bonds. The van der Waals surface area contributed by atoms with Gasteiger partial charge in [0.25, 0.3) is 0 Å². The van der Waals surface area contributed by atoms with Crippen LogP contribution in [0.15, 0.2) is 60.7 Å². The van der Waals surface area contributed by atoms with E-state index in [1.54, 1.807) is 0 Å². The van der Waals surface area contributed by atoms with Crippen molar-refractivity contribution in [3.05, 3.63) is 60.7 Å². The number of esters is 1. The van der Waals surface area contributed by atoms with Gasteiger partial charge >= 0.3 is 5.97 Å². The van der Waals surface area contributed by atoms with Crippen molar-refractivity contribution in [1.29, 1.82) is 0 Å². The molecule has 27 heavy (non-hydrogen) atoms. The van der Waals surface area contributed by atoms with Crippen molar-refractivity contribution in [2.45, 2.75) is 48.5 Å². The molecule has 0 aliphatic rings. The van der Waals surface area contributed by atoms with Gasteiger partial charge in [-0.2, -0.15) is 0 Å². The number of rotatable bonds is 3. The molecule has 0 aliphatic carbocycles. The second-order valence-corrected chi connectivity index (χ2v) is 7.10. The molecule has 3 rings (SSSR count). The maximum Gasteiger partial charge on any atom is 0.311 e. The Kier molecular flexibility index (Phi) is 9.00. The molecule has 0 N–H and O–H groups in total. The Morgan fingerprint density at radius 3 is 1.63 bits per heavy atom. The molecule has 0 aromatic heterocycles. The molecule has 0 atom stereocenters. The van der Waals surface area contributed by atoms with E-state index < -0.39 is 0 Å². The van der Waals surface area contributed by atoms with Crippen LogP contribution in [0.25, 0.3) is 21.5 Å². The van der Waals surface area contributed by atoms with E-state index in [1.807, 2.05) is 48.5 Å². The largest absolute Gasteiger partial charge is 0.466 e. The van der Waals surface area contributed by atoms with Gasteiger partial charge in [-0.3, -0.25) is 4.79 Å². The average Bonchev–Trinajstić information content (AvgIpc) is 2.70. The summed E-state index contributed by atoms with van der Waals surface area (Å²) in [4.78, 5) is 11.3. The Morgan fingerprint density at radius 2 is 1.26 bits per heavy atom. The van der Waals surface area contributed by atoms with Crippen LogP contribution in [0.1, 0.15) is 48.5 Å². The summed E-state index contributed by atoms with van der Waals surface area (Å²) in [6.45, 7) is 14.2. The summed E-state index contributed by atoms with van der Waals surface area (Å²) in [5.41, 5.74) is -0.351. The van der Waals surface area contributed by atoms with Gasteiger partial charge in [0.05, 0.1) is 12.0 Å². The number of hydrogen-bond donors (Lipinski definition) is 0. The minimum Gasteiger partial charge on any atom is -0.466 e. The molecule has 0 saturated carbocycles. The van der Waals surface area contributed by atoms with Crippen molar-refractivity contribution >= 4 is 27.5 Å². The topological polar surface area (TPSA) is 26.3 Å². The standard InChI is InChI=1S/C14H10.C9H18O2.C2H6/c1-3-7-13-11(5-1)9-10-12-6-2-4-8-14(12)13;1-6-11-8(10)9(4,5)7(2)3;1-2/h1-10H;7H,6H2,1-5H3;1-2H3. The summed E-state index contributed by atoms with van der Waals surface area (Å²) in [6, 6.07) is 21.4. The lowest BCUT2D eigenvalue weighted by molar-refractivity contribution is -0.155. The van der Waals surface area contributed by atoms with Gasteiger partial charge in [-0.1, -0.05) is 88.4 Å². The molecule has 0 spiro atoms. The van der Waals surface area contributed by atoms with E-state index in [4.69, 9.17) is 4.74 Å². The smallest absolute Gasteiger partial charge is 0.311 e. The monoisotopic (exact) mass is 366 g/mol. The van der Waals surface area contributed by atoms with Crippen LogP contribution in [0.4, 0.5) is 0 Å². The quantitative estimate of drug-likeness (QED) is 0.360. The zero-order valence-corrected chi connectivity index (χ0v) is 17.9. The maximum absolute atomic E-state index is 11.3. The summed E-state index contributed by atoms with van der Waals surface area (Å²) in [5, 5.41) is 5.30. The molecule has 0 bridgehead atoms. The fraction of sp³-hybridized carbons (Fsp3) is 0.400. The normalized spacial score (nSPS) is 10.7. The van der Waals surface area contributed by atoms with Gasteiger partial charge in [0, 0.05) is 0 Å². The highest BCUT2D eigenvalue weighted by atomic mass is 16.5. The molecule has 0 aliphatic heterocycles. The molecule has 0 heterocycles. The summed E-state index contributed by atoms with van der Waals surface area (Å²) in [6.07, 6.45) is 0. The molecule has 2 nitrogen and oxygen atoms in total. The lowest BCUT2D eigenvalue weighted by Crippen LogP contribution is -2.31. The van der Waals surface area contributed by atoms with Crippen LogP contribution in [0.3, 0.4) is 0 Å². The third-order valence-electron chi connectivity index (χ3n) is 4.90. The highest BCUT2D eigenvalue weighted by molar-refractivity contribution is 6.07. The lowest BCUT2D eigenvalue weighted by atomic mass is 9.81. The highest BCUT2D eigenvalue weighted by Gasteiger charge is 2.32. The molecular formula is C25H34O2. The van der Waals surface area contributed by atoms with Crippen LogP contribution in [0.2, 0.25) is 0 Å². The Bertz CT molecular complexity index is 792. The van der Waals surface area contributed by atoms with Crippen molar-refractivity contribution in [2.24, 2.45) is 11.3 Å². The van der Waals surface area contributed by atoms with Gasteiger partial charge in [-0.05, 0) is 48.2 Å². The van der Waals surface area contributed by atoms with Crippen LogP contribution >= 0.6 is 0 Å². The SMILES string of the molecule is CC.CCOC(=O)C(C)(C)C(C)C.c1ccc2c(c1)ccc1ccccc12. The fourth-order valence-electron chi connectivity index (χ4n) is 2.51. The average molecular weight is 367 g/mol. The third-order valence-corrected chi connectivity index (χ3v) is 4.90. The molecule has 0 unspecified atom stereocenters. The van der Waals surface area contributed by atoms with Crippen LogP contribution in [-0.4, -0.2) is 12.6 Å². The molecular weight excluding hydrogens is 332 g/mol. The van der Waals surface area contributed by atoms with Crippen molar-refractivity contribution in [3.8, 4) is 0 Å². The summed E-state index contributed by atoms with van der Waals surface area (Å²) < 4.78 is 4.93. The summed E-state index contributed by atoms with van der Waals surface area (Å²) in [7, 11) is 0. The molecule has 2 heteroatoms. The molecule has 0 fully saturated rings. The highest BCUT2D eigenvalue weighted by Crippen LogP contribution is 2.27. The first-order chi connectivity index (χ1) is 12.9.